The minimum Gasteiger partial charge on any atom is -0.329 e. The molecule has 142 valence electrons. The van der Waals surface area contributed by atoms with Crippen molar-refractivity contribution < 1.29 is 4.92 Å². The normalized spacial score (nSPS) is 31.3. The van der Waals surface area contributed by atoms with Gasteiger partial charge in [-0.15, -0.1) is 0 Å². The molecule has 9 nitrogen and oxygen atoms in total. The molecule has 0 aromatic carbocycles. The van der Waals surface area contributed by atoms with Gasteiger partial charge in [0.25, 0.3) is 0 Å². The van der Waals surface area contributed by atoms with Gasteiger partial charge >= 0.3 is 0 Å². The number of hydrogen-bond acceptors (Lipinski definition) is 8. The van der Waals surface area contributed by atoms with Gasteiger partial charge in [0.15, 0.2) is 0 Å². The van der Waals surface area contributed by atoms with Crippen LogP contribution in [0, 0.1) is 15.5 Å². The summed E-state index contributed by atoms with van der Waals surface area (Å²) in [5.74, 6) is 0. The van der Waals surface area contributed by atoms with Crippen LogP contribution in [0.5, 0.6) is 0 Å². The van der Waals surface area contributed by atoms with Gasteiger partial charge in [0.1, 0.15) is 0 Å². The maximum atomic E-state index is 11.3. The van der Waals surface area contributed by atoms with Gasteiger partial charge in [-0.2, -0.15) is 0 Å². The van der Waals surface area contributed by atoms with Crippen molar-refractivity contribution in [3.05, 3.63) is 10.1 Å². The number of hydrogen-bond donors (Lipinski definition) is 6. The molecule has 0 aliphatic carbocycles. The summed E-state index contributed by atoms with van der Waals surface area (Å²) < 4.78 is 0. The molecule has 1 fully saturated rings. The van der Waals surface area contributed by atoms with E-state index in [2.05, 4.69) is 33.5 Å². The van der Waals surface area contributed by atoms with E-state index in [1.165, 1.54) is 0 Å². The Hall–Kier alpha value is -0.840. The highest BCUT2D eigenvalue weighted by molar-refractivity contribution is 4.84. The minimum absolute atomic E-state index is 0.0919. The summed E-state index contributed by atoms with van der Waals surface area (Å²) in [4.78, 5) is 11.1. The first-order chi connectivity index (χ1) is 11.4. The van der Waals surface area contributed by atoms with Crippen molar-refractivity contribution in [2.24, 2.45) is 11.1 Å². The van der Waals surface area contributed by atoms with E-state index in [9.17, 15) is 10.1 Å². The fourth-order valence-corrected chi connectivity index (χ4v) is 2.72. The summed E-state index contributed by atoms with van der Waals surface area (Å²) in [6.07, 6.45) is 0. The molecule has 1 aliphatic rings. The van der Waals surface area contributed by atoms with E-state index in [1.807, 2.05) is 0 Å². The largest absolute Gasteiger partial charge is 0.329 e. The van der Waals surface area contributed by atoms with Gasteiger partial charge in [-0.1, -0.05) is 6.92 Å². The predicted molar refractivity (Wildman–Crippen MR) is 96.9 cm³/mol. The Morgan fingerprint density at radius 3 is 1.88 bits per heavy atom. The molecular weight excluding hydrogens is 310 g/mol. The molecule has 0 unspecified atom stereocenters. The molecule has 0 spiro atoms. The van der Waals surface area contributed by atoms with Crippen LogP contribution >= 0.6 is 0 Å². The molecule has 0 saturated carbocycles. The van der Waals surface area contributed by atoms with Gasteiger partial charge in [0.05, 0.1) is 13.1 Å². The molecule has 1 heterocycles. The van der Waals surface area contributed by atoms with E-state index in [0.29, 0.717) is 32.7 Å². The van der Waals surface area contributed by atoms with Crippen LogP contribution in [0.3, 0.4) is 0 Å². The molecule has 7 N–H and O–H groups in total. The Kier molecular flexibility index (Phi) is 9.64. The van der Waals surface area contributed by atoms with Crippen LogP contribution in [-0.4, -0.2) is 82.5 Å². The zero-order valence-corrected chi connectivity index (χ0v) is 15.1. The fourth-order valence-electron chi connectivity index (χ4n) is 2.72. The van der Waals surface area contributed by atoms with E-state index in [-0.39, 0.29) is 10.3 Å². The van der Waals surface area contributed by atoms with Crippen molar-refractivity contribution in [1.82, 2.24) is 26.6 Å². The number of nitrogens with zero attached hydrogens (tertiary/aromatic N) is 1. The number of nitro groups is 1. The second-order valence-corrected chi connectivity index (χ2v) is 7.24. The lowest BCUT2D eigenvalue weighted by molar-refractivity contribution is -0.560. The van der Waals surface area contributed by atoms with Gasteiger partial charge in [-0.05, 0) is 0 Å². The summed E-state index contributed by atoms with van der Waals surface area (Å²) in [6, 6.07) is 0. The minimum atomic E-state index is -0.981. The molecule has 1 rings (SSSR count). The Morgan fingerprint density at radius 2 is 1.46 bits per heavy atom. The van der Waals surface area contributed by atoms with E-state index >= 15 is 0 Å². The molecule has 0 aromatic heterocycles. The first-order valence-electron chi connectivity index (χ1n) is 8.80. The molecule has 1 saturated heterocycles. The first kappa shape index (κ1) is 21.2. The lowest BCUT2D eigenvalue weighted by Crippen LogP contribution is -2.54. The van der Waals surface area contributed by atoms with Gasteiger partial charge in [-0.25, -0.2) is 0 Å². The zero-order valence-electron chi connectivity index (χ0n) is 15.1. The Bertz CT molecular complexity index is 352. The monoisotopic (exact) mass is 345 g/mol. The van der Waals surface area contributed by atoms with E-state index in [0.717, 1.165) is 39.3 Å². The highest BCUT2D eigenvalue weighted by atomic mass is 16.6. The SMILES string of the molecule is CC1(CNCCN)CNCCNCC(C)([N+](=O)[O-])CNCCNC1. The van der Waals surface area contributed by atoms with Crippen LogP contribution in [0.2, 0.25) is 0 Å². The van der Waals surface area contributed by atoms with Crippen molar-refractivity contribution in [1.29, 1.82) is 0 Å². The van der Waals surface area contributed by atoms with Crippen molar-refractivity contribution in [3.63, 3.8) is 0 Å². The van der Waals surface area contributed by atoms with Gasteiger partial charge in [-0.3, -0.25) is 10.1 Å². The molecule has 0 bridgehead atoms. The topological polar surface area (TPSA) is 129 Å². The van der Waals surface area contributed by atoms with Gasteiger partial charge in [0.2, 0.25) is 5.54 Å². The maximum Gasteiger partial charge on any atom is 0.243 e. The van der Waals surface area contributed by atoms with Crippen molar-refractivity contribution >= 4 is 0 Å². The smallest absolute Gasteiger partial charge is 0.243 e. The van der Waals surface area contributed by atoms with Crippen LogP contribution in [0.1, 0.15) is 13.8 Å². The lowest BCUT2D eigenvalue weighted by Gasteiger charge is -2.31. The van der Waals surface area contributed by atoms with E-state index in [1.54, 1.807) is 6.92 Å². The summed E-state index contributed by atoms with van der Waals surface area (Å²) in [6.45, 7) is 11.7. The summed E-state index contributed by atoms with van der Waals surface area (Å²) in [7, 11) is 0. The molecule has 0 atom stereocenters. The third-order valence-corrected chi connectivity index (χ3v) is 4.39. The third-order valence-electron chi connectivity index (χ3n) is 4.39. The van der Waals surface area contributed by atoms with E-state index in [4.69, 9.17) is 5.73 Å². The predicted octanol–water partition coefficient (Wildman–Crippen LogP) is -2.05. The molecule has 0 radical (unpaired) electrons. The first-order valence-corrected chi connectivity index (χ1v) is 8.80. The van der Waals surface area contributed by atoms with Gasteiger partial charge < -0.3 is 32.3 Å². The number of nitrogens with one attached hydrogen (secondary N) is 5. The van der Waals surface area contributed by atoms with Crippen molar-refractivity contribution in [3.8, 4) is 0 Å². The van der Waals surface area contributed by atoms with Crippen LogP contribution in [0.4, 0.5) is 0 Å². The highest BCUT2D eigenvalue weighted by Gasteiger charge is 2.36. The lowest BCUT2D eigenvalue weighted by atomic mass is 9.90. The number of nitrogens with two attached hydrogens (primary N) is 1. The average molecular weight is 345 g/mol. The number of rotatable bonds is 5. The second-order valence-electron chi connectivity index (χ2n) is 7.24. The Balaban J connectivity index is 2.52. The summed E-state index contributed by atoms with van der Waals surface area (Å²) in [5.41, 5.74) is 4.65. The third kappa shape index (κ3) is 7.82. The standard InChI is InChI=1S/C15H35N7O2/c1-14(9-17-4-3-16)10-18-5-7-20-12-15(2,22(23)24)13-21-8-6-19-11-14/h17-21H,3-13,16H2,1-2H3. The molecular formula is C15H35N7O2. The fraction of sp³-hybridized carbons (Fsp3) is 1.00. The highest BCUT2D eigenvalue weighted by Crippen LogP contribution is 2.12. The van der Waals surface area contributed by atoms with Gasteiger partial charge in [0, 0.05) is 76.2 Å². The maximum absolute atomic E-state index is 11.3. The molecule has 0 amide bonds. The van der Waals surface area contributed by atoms with Crippen LogP contribution in [0.15, 0.2) is 0 Å². The molecule has 24 heavy (non-hydrogen) atoms. The Labute approximate surface area is 145 Å². The van der Waals surface area contributed by atoms with Crippen LogP contribution in [0.25, 0.3) is 0 Å². The van der Waals surface area contributed by atoms with Crippen LogP contribution in [-0.2, 0) is 0 Å². The summed E-state index contributed by atoms with van der Waals surface area (Å²) in [5, 5.41) is 28.0. The van der Waals surface area contributed by atoms with Crippen molar-refractivity contribution in [2.45, 2.75) is 19.4 Å². The molecule has 0 aromatic rings. The summed E-state index contributed by atoms with van der Waals surface area (Å²) >= 11 is 0. The second kappa shape index (κ2) is 10.9. The quantitative estimate of drug-likeness (QED) is 0.191. The molecule has 9 heteroatoms. The Morgan fingerprint density at radius 1 is 1.00 bits per heavy atom. The average Bonchev–Trinajstić information content (AvgIpc) is 2.54. The van der Waals surface area contributed by atoms with Crippen molar-refractivity contribution in [2.75, 3.05) is 72.0 Å². The zero-order chi connectivity index (χ0) is 17.9. The molecule has 1 aliphatic heterocycles. The van der Waals surface area contributed by atoms with Crippen LogP contribution < -0.4 is 32.3 Å². The van der Waals surface area contributed by atoms with E-state index < -0.39 is 5.54 Å².